The maximum absolute atomic E-state index is 3.57. The summed E-state index contributed by atoms with van der Waals surface area (Å²) in [6, 6.07) is 18.5. The molecule has 0 heteroatoms. The molecule has 160 valence electrons. The zero-order valence-electron chi connectivity index (χ0n) is 19.3. The lowest BCUT2D eigenvalue weighted by Crippen LogP contribution is -2.12. The summed E-state index contributed by atoms with van der Waals surface area (Å²) in [6.07, 6.45) is 15.4. The van der Waals surface area contributed by atoms with Crippen LogP contribution in [0, 0.1) is 17.8 Å². The highest BCUT2D eigenvalue weighted by Gasteiger charge is 2.21. The van der Waals surface area contributed by atoms with Crippen LogP contribution in [0.1, 0.15) is 106 Å². The van der Waals surface area contributed by atoms with Crippen LogP contribution in [0.25, 0.3) is 0 Å². The fourth-order valence-electron chi connectivity index (χ4n) is 4.63. The van der Waals surface area contributed by atoms with Gasteiger partial charge in [-0.3, -0.25) is 0 Å². The van der Waals surface area contributed by atoms with Crippen LogP contribution in [0.4, 0.5) is 0 Å². The third-order valence-electron chi connectivity index (χ3n) is 6.69. The molecule has 0 aliphatic heterocycles. The minimum atomic E-state index is 0.568. The summed E-state index contributed by atoms with van der Waals surface area (Å²) in [5, 5.41) is 0. The van der Waals surface area contributed by atoms with Crippen molar-refractivity contribution < 1.29 is 0 Å². The molecular formula is C30H40. The minimum Gasteiger partial charge on any atom is -0.0945 e. The van der Waals surface area contributed by atoms with Crippen molar-refractivity contribution in [2.45, 2.75) is 96.8 Å². The number of aryl methyl sites for hydroxylation is 2. The second-order valence-corrected chi connectivity index (χ2v) is 9.17. The Morgan fingerprint density at radius 1 is 0.667 bits per heavy atom. The standard InChI is InChI=1S/C30H40/c1-3-5-7-9-25-11-13-27(14-12-25)15-16-28-19-23-30(24-20-28)29-21-17-26(18-22-29)10-8-6-4-2/h11-14,17-18,21-22,28,30H,3-10,19-20,23-24H2,1-2H3/t28-,30-. The van der Waals surface area contributed by atoms with Crippen molar-refractivity contribution in [1.29, 1.82) is 0 Å². The van der Waals surface area contributed by atoms with E-state index in [2.05, 4.69) is 74.2 Å². The highest BCUT2D eigenvalue weighted by molar-refractivity contribution is 5.37. The smallest absolute Gasteiger partial charge is 0.0245 e. The first kappa shape index (κ1) is 22.7. The van der Waals surface area contributed by atoms with E-state index >= 15 is 0 Å². The first-order valence-electron chi connectivity index (χ1n) is 12.5. The van der Waals surface area contributed by atoms with Crippen LogP contribution in [-0.2, 0) is 12.8 Å². The van der Waals surface area contributed by atoms with Crippen molar-refractivity contribution in [3.63, 3.8) is 0 Å². The molecule has 0 aromatic heterocycles. The van der Waals surface area contributed by atoms with E-state index < -0.39 is 0 Å². The zero-order valence-corrected chi connectivity index (χ0v) is 19.3. The predicted octanol–water partition coefficient (Wildman–Crippen LogP) is 8.48. The summed E-state index contributed by atoms with van der Waals surface area (Å²) in [5.74, 6) is 8.31. The predicted molar refractivity (Wildman–Crippen MR) is 131 cm³/mol. The second kappa shape index (κ2) is 12.6. The fourth-order valence-corrected chi connectivity index (χ4v) is 4.63. The third-order valence-corrected chi connectivity index (χ3v) is 6.69. The molecule has 1 fully saturated rings. The van der Waals surface area contributed by atoms with Gasteiger partial charge in [0, 0.05) is 11.5 Å². The van der Waals surface area contributed by atoms with Gasteiger partial charge < -0.3 is 0 Å². The van der Waals surface area contributed by atoms with E-state index in [-0.39, 0.29) is 0 Å². The number of hydrogen-bond donors (Lipinski definition) is 0. The van der Waals surface area contributed by atoms with Crippen molar-refractivity contribution in [1.82, 2.24) is 0 Å². The number of hydrogen-bond acceptors (Lipinski definition) is 0. The number of unbranched alkanes of at least 4 members (excludes halogenated alkanes) is 4. The van der Waals surface area contributed by atoms with Crippen molar-refractivity contribution in [2.24, 2.45) is 5.92 Å². The van der Waals surface area contributed by atoms with Crippen molar-refractivity contribution in [2.75, 3.05) is 0 Å². The molecule has 2 aromatic rings. The van der Waals surface area contributed by atoms with Crippen molar-refractivity contribution in [3.05, 3.63) is 70.8 Å². The van der Waals surface area contributed by atoms with Gasteiger partial charge in [-0.25, -0.2) is 0 Å². The van der Waals surface area contributed by atoms with Gasteiger partial charge in [0.25, 0.3) is 0 Å². The normalized spacial score (nSPS) is 18.6. The fraction of sp³-hybridized carbons (Fsp3) is 0.533. The average Bonchev–Trinajstić information content (AvgIpc) is 2.80. The molecule has 1 saturated carbocycles. The lowest BCUT2D eigenvalue weighted by Gasteiger charge is -2.26. The van der Waals surface area contributed by atoms with Gasteiger partial charge in [0.1, 0.15) is 0 Å². The van der Waals surface area contributed by atoms with Crippen LogP contribution in [-0.4, -0.2) is 0 Å². The molecule has 0 heterocycles. The van der Waals surface area contributed by atoms with Crippen LogP contribution in [0.15, 0.2) is 48.5 Å². The average molecular weight is 401 g/mol. The summed E-state index contributed by atoms with van der Waals surface area (Å²) in [4.78, 5) is 0. The van der Waals surface area contributed by atoms with Gasteiger partial charge in [0.05, 0.1) is 0 Å². The number of rotatable bonds is 9. The summed E-state index contributed by atoms with van der Waals surface area (Å²) in [7, 11) is 0. The van der Waals surface area contributed by atoms with Gasteiger partial charge in [-0.1, -0.05) is 87.8 Å². The van der Waals surface area contributed by atoms with E-state index in [1.807, 2.05) is 0 Å². The van der Waals surface area contributed by atoms with Gasteiger partial charge in [0.2, 0.25) is 0 Å². The molecule has 0 amide bonds. The van der Waals surface area contributed by atoms with E-state index in [0.29, 0.717) is 5.92 Å². The van der Waals surface area contributed by atoms with Crippen LogP contribution >= 0.6 is 0 Å². The molecule has 1 aliphatic rings. The van der Waals surface area contributed by atoms with Gasteiger partial charge in [0.15, 0.2) is 0 Å². The Morgan fingerprint density at radius 2 is 1.20 bits per heavy atom. The maximum atomic E-state index is 3.57. The molecule has 0 N–H and O–H groups in total. The lowest BCUT2D eigenvalue weighted by atomic mass is 9.78. The molecule has 0 radical (unpaired) electrons. The van der Waals surface area contributed by atoms with Crippen LogP contribution in [0.3, 0.4) is 0 Å². The molecule has 0 saturated heterocycles. The molecule has 0 bridgehead atoms. The Labute approximate surface area is 185 Å². The SMILES string of the molecule is CCCCCc1ccc(C#C[C@H]2CC[C@H](c3ccc(CCCCC)cc3)CC2)cc1. The quantitative estimate of drug-likeness (QED) is 0.292. The van der Waals surface area contributed by atoms with Crippen LogP contribution in [0.2, 0.25) is 0 Å². The van der Waals surface area contributed by atoms with Crippen molar-refractivity contribution in [3.8, 4) is 11.8 Å². The molecule has 0 unspecified atom stereocenters. The van der Waals surface area contributed by atoms with Crippen molar-refractivity contribution >= 4 is 0 Å². The Kier molecular flexibility index (Phi) is 9.56. The first-order valence-corrected chi connectivity index (χ1v) is 12.5. The monoisotopic (exact) mass is 400 g/mol. The van der Waals surface area contributed by atoms with E-state index in [1.165, 1.54) is 93.7 Å². The third kappa shape index (κ3) is 7.36. The highest BCUT2D eigenvalue weighted by Crippen LogP contribution is 2.35. The minimum absolute atomic E-state index is 0.568. The molecule has 30 heavy (non-hydrogen) atoms. The second-order valence-electron chi connectivity index (χ2n) is 9.17. The Balaban J connectivity index is 1.44. The van der Waals surface area contributed by atoms with E-state index in [0.717, 1.165) is 5.92 Å². The van der Waals surface area contributed by atoms with Gasteiger partial charge in [-0.15, -0.1) is 0 Å². The van der Waals surface area contributed by atoms with Gasteiger partial charge >= 0.3 is 0 Å². The number of benzene rings is 2. The molecule has 0 atom stereocenters. The van der Waals surface area contributed by atoms with E-state index in [1.54, 1.807) is 5.56 Å². The zero-order chi connectivity index (χ0) is 21.0. The summed E-state index contributed by atoms with van der Waals surface area (Å²) in [6.45, 7) is 4.53. The lowest BCUT2D eigenvalue weighted by molar-refractivity contribution is 0.384. The largest absolute Gasteiger partial charge is 0.0945 e. The van der Waals surface area contributed by atoms with Crippen LogP contribution in [0.5, 0.6) is 0 Å². The van der Waals surface area contributed by atoms with Gasteiger partial charge in [-0.2, -0.15) is 0 Å². The molecular weight excluding hydrogens is 360 g/mol. The molecule has 3 rings (SSSR count). The molecule has 2 aromatic carbocycles. The van der Waals surface area contributed by atoms with Crippen LogP contribution < -0.4 is 0 Å². The topological polar surface area (TPSA) is 0 Å². The molecule has 0 nitrogen and oxygen atoms in total. The maximum Gasteiger partial charge on any atom is 0.0245 e. The summed E-state index contributed by atoms with van der Waals surface area (Å²) < 4.78 is 0. The first-order chi connectivity index (χ1) is 14.8. The molecule has 1 aliphatic carbocycles. The van der Waals surface area contributed by atoms with Gasteiger partial charge in [-0.05, 0) is 86.1 Å². The van der Waals surface area contributed by atoms with E-state index in [9.17, 15) is 0 Å². The highest BCUT2D eigenvalue weighted by atomic mass is 14.2. The Hall–Kier alpha value is -2.00. The Morgan fingerprint density at radius 3 is 1.73 bits per heavy atom. The summed E-state index contributed by atoms with van der Waals surface area (Å²) in [5.41, 5.74) is 5.67. The van der Waals surface area contributed by atoms with E-state index in [4.69, 9.17) is 0 Å². The molecule has 0 spiro atoms. The summed E-state index contributed by atoms with van der Waals surface area (Å²) >= 11 is 0. The Bertz CT molecular complexity index is 777.